The number of nitrogens with zero attached hydrogens (tertiary/aromatic N) is 3. The largest absolute Gasteiger partial charge is 0.345 e. The van der Waals surface area contributed by atoms with Gasteiger partial charge in [-0.15, -0.1) is 0 Å². The molecule has 0 aromatic carbocycles. The van der Waals surface area contributed by atoms with Crippen LogP contribution in [-0.2, 0) is 23.6 Å². The van der Waals surface area contributed by atoms with Crippen LogP contribution in [0, 0.1) is 0 Å². The number of pyridine rings is 2. The van der Waals surface area contributed by atoms with Gasteiger partial charge in [0, 0.05) is 49.8 Å². The number of rotatable bonds is 10. The first kappa shape index (κ1) is 32.2. The molecule has 0 radical (unpaired) electrons. The summed E-state index contributed by atoms with van der Waals surface area (Å²) in [6.07, 6.45) is 14.1. The number of carbonyl (C=O) groups excluding carboxylic acids is 2. The van der Waals surface area contributed by atoms with Crippen molar-refractivity contribution >= 4 is 23.8 Å². The zero-order chi connectivity index (χ0) is 29.7. The number of nitrogens with one attached hydrogen (secondary N) is 2. The number of carbonyl (C=O) groups is 2. The molecule has 1 aliphatic carbocycles. The summed E-state index contributed by atoms with van der Waals surface area (Å²) in [4.78, 5) is 37.7. The number of alkyl halides is 2. The lowest BCUT2D eigenvalue weighted by molar-refractivity contribution is -0.113. The number of amides is 2. The number of hydrogen-bond donors (Lipinski definition) is 2. The molecule has 9 heteroatoms. The van der Waals surface area contributed by atoms with Crippen molar-refractivity contribution in [1.29, 1.82) is 0 Å². The molecule has 0 spiro atoms. The van der Waals surface area contributed by atoms with Crippen LogP contribution in [0.3, 0.4) is 0 Å². The Kier molecular flexibility index (Phi) is 12.5. The van der Waals surface area contributed by atoms with E-state index in [0.717, 1.165) is 18.1 Å². The molecule has 3 rings (SSSR count). The van der Waals surface area contributed by atoms with Gasteiger partial charge in [0.25, 0.3) is 17.7 Å². The van der Waals surface area contributed by atoms with E-state index in [4.69, 9.17) is 0 Å². The number of aliphatic imine (C=N–C) groups is 1. The van der Waals surface area contributed by atoms with Crippen LogP contribution in [0.25, 0.3) is 0 Å². The number of anilines is 1. The summed E-state index contributed by atoms with van der Waals surface area (Å²) in [7, 11) is 1.70. The van der Waals surface area contributed by atoms with E-state index in [1.165, 1.54) is 12.3 Å². The first-order chi connectivity index (χ1) is 19.1. The van der Waals surface area contributed by atoms with Crippen LogP contribution in [0.4, 0.5) is 14.6 Å². The molecule has 1 aliphatic rings. The molecule has 2 aromatic rings. The highest BCUT2D eigenvalue weighted by molar-refractivity contribution is 6.03. The summed E-state index contributed by atoms with van der Waals surface area (Å²) in [5.74, 6) is -3.62. The topological polar surface area (TPSA) is 96.3 Å². The molecule has 0 saturated heterocycles. The SMILES string of the molecule is CC.CCc1cnc(NC(=O)C2=CC=C(C(C)NC(=O)c3cc(C/C=C\C=NC)ccn3)CC2)cc1C(C)(F)F. The number of aromatic nitrogens is 2. The van der Waals surface area contributed by atoms with Crippen molar-refractivity contribution in [3.63, 3.8) is 0 Å². The summed E-state index contributed by atoms with van der Waals surface area (Å²) >= 11 is 0. The Morgan fingerprint density at radius 1 is 1.15 bits per heavy atom. The quantitative estimate of drug-likeness (QED) is 0.335. The third-order valence-corrected chi connectivity index (χ3v) is 6.24. The van der Waals surface area contributed by atoms with Crippen molar-refractivity contribution in [1.82, 2.24) is 15.3 Å². The molecular formula is C31H39F2N5O2. The molecule has 2 N–H and O–H groups in total. The Morgan fingerprint density at radius 2 is 1.90 bits per heavy atom. The molecule has 0 bridgehead atoms. The second-order valence-corrected chi connectivity index (χ2v) is 9.14. The highest BCUT2D eigenvalue weighted by Gasteiger charge is 2.28. The minimum absolute atomic E-state index is 0.0868. The smallest absolute Gasteiger partial charge is 0.270 e. The first-order valence-corrected chi connectivity index (χ1v) is 13.5. The molecule has 7 nitrogen and oxygen atoms in total. The van der Waals surface area contributed by atoms with Crippen LogP contribution < -0.4 is 10.6 Å². The van der Waals surface area contributed by atoms with Crippen LogP contribution in [0.2, 0.25) is 0 Å². The van der Waals surface area contributed by atoms with Crippen LogP contribution in [-0.4, -0.2) is 41.1 Å². The van der Waals surface area contributed by atoms with Gasteiger partial charge in [-0.2, -0.15) is 0 Å². The number of halogens is 2. The molecule has 40 heavy (non-hydrogen) atoms. The highest BCUT2D eigenvalue weighted by Crippen LogP contribution is 2.31. The summed E-state index contributed by atoms with van der Waals surface area (Å²) in [6, 6.07) is 4.59. The van der Waals surface area contributed by atoms with Gasteiger partial charge in [-0.25, -0.2) is 13.8 Å². The molecule has 1 unspecified atom stereocenters. The van der Waals surface area contributed by atoms with E-state index in [2.05, 4.69) is 25.6 Å². The molecular weight excluding hydrogens is 512 g/mol. The van der Waals surface area contributed by atoms with Crippen LogP contribution in [0.1, 0.15) is 74.6 Å². The Bertz CT molecular complexity index is 1290. The van der Waals surface area contributed by atoms with Crippen molar-refractivity contribution in [3.8, 4) is 0 Å². The lowest BCUT2D eigenvalue weighted by atomic mass is 9.93. The maximum absolute atomic E-state index is 14.0. The minimum atomic E-state index is -3.03. The number of hydrogen-bond acceptors (Lipinski definition) is 5. The van der Waals surface area contributed by atoms with Gasteiger partial charge in [-0.3, -0.25) is 19.6 Å². The van der Waals surface area contributed by atoms with E-state index in [1.807, 2.05) is 45.1 Å². The second kappa shape index (κ2) is 15.5. The fourth-order valence-electron chi connectivity index (χ4n) is 4.08. The van der Waals surface area contributed by atoms with E-state index in [-0.39, 0.29) is 29.2 Å². The van der Waals surface area contributed by atoms with Crippen LogP contribution in [0.5, 0.6) is 0 Å². The molecule has 0 saturated carbocycles. The zero-order valence-electron chi connectivity index (χ0n) is 24.1. The van der Waals surface area contributed by atoms with Crippen molar-refractivity contribution < 1.29 is 18.4 Å². The second-order valence-electron chi connectivity index (χ2n) is 9.14. The summed E-state index contributed by atoms with van der Waals surface area (Å²) < 4.78 is 28.0. The molecule has 0 fully saturated rings. The maximum atomic E-state index is 14.0. The van der Waals surface area contributed by atoms with Gasteiger partial charge in [-0.05, 0) is 73.6 Å². The molecule has 2 amide bonds. The van der Waals surface area contributed by atoms with Crippen molar-refractivity contribution in [2.75, 3.05) is 12.4 Å². The summed E-state index contributed by atoms with van der Waals surface area (Å²) in [5, 5.41) is 5.59. The van der Waals surface area contributed by atoms with E-state index >= 15 is 0 Å². The first-order valence-electron chi connectivity index (χ1n) is 13.5. The van der Waals surface area contributed by atoms with E-state index in [1.54, 1.807) is 38.5 Å². The monoisotopic (exact) mass is 551 g/mol. The minimum Gasteiger partial charge on any atom is -0.345 e. The van der Waals surface area contributed by atoms with Gasteiger partial charge in [0.1, 0.15) is 11.5 Å². The predicted molar refractivity (Wildman–Crippen MR) is 157 cm³/mol. The zero-order valence-corrected chi connectivity index (χ0v) is 24.1. The standard InChI is InChI=1S/C29H33F2N5O2.C2H6/c1-5-21-18-34-26(17-24(21)29(3,30)31)36-27(37)23-11-9-22(10-12-23)19(2)35-28(38)25-16-20(13-15-33-25)8-6-7-14-32-4;1-2/h6-7,9,11,13-19H,5,8,10,12H2,1-4H3,(H,35,38)(H,34,36,37);1-2H3/b7-6-,32-14?;. The van der Waals surface area contributed by atoms with Gasteiger partial charge in [0.2, 0.25) is 0 Å². The van der Waals surface area contributed by atoms with Crippen LogP contribution >= 0.6 is 0 Å². The number of aryl methyl sites for hydroxylation is 1. The molecule has 0 aliphatic heterocycles. The average Bonchev–Trinajstić information content (AvgIpc) is 2.96. The van der Waals surface area contributed by atoms with Crippen molar-refractivity contribution in [2.24, 2.45) is 4.99 Å². The van der Waals surface area contributed by atoms with Gasteiger partial charge in [0.15, 0.2) is 0 Å². The third kappa shape index (κ3) is 9.32. The van der Waals surface area contributed by atoms with E-state index in [9.17, 15) is 18.4 Å². The Morgan fingerprint density at radius 3 is 2.52 bits per heavy atom. The van der Waals surface area contributed by atoms with Crippen molar-refractivity contribution in [2.45, 2.75) is 72.3 Å². The lowest BCUT2D eigenvalue weighted by Crippen LogP contribution is -2.35. The van der Waals surface area contributed by atoms with E-state index < -0.39 is 5.92 Å². The number of allylic oxidation sites excluding steroid dienone is 4. The fraction of sp³-hybridized carbons (Fsp3) is 0.387. The predicted octanol–water partition coefficient (Wildman–Crippen LogP) is 6.38. The molecule has 1 atom stereocenters. The van der Waals surface area contributed by atoms with Gasteiger partial charge < -0.3 is 10.6 Å². The normalized spacial score (nSPS) is 14.2. The Hall–Kier alpha value is -4.01. The average molecular weight is 552 g/mol. The van der Waals surface area contributed by atoms with Crippen LogP contribution in [0.15, 0.2) is 71.0 Å². The molecule has 2 heterocycles. The molecule has 214 valence electrons. The van der Waals surface area contributed by atoms with Gasteiger partial charge in [-0.1, -0.05) is 39.0 Å². The lowest BCUT2D eigenvalue weighted by Gasteiger charge is -2.21. The van der Waals surface area contributed by atoms with E-state index in [0.29, 0.717) is 42.5 Å². The fourth-order valence-corrected chi connectivity index (χ4v) is 4.08. The Labute approximate surface area is 235 Å². The van der Waals surface area contributed by atoms with Gasteiger partial charge >= 0.3 is 0 Å². The highest BCUT2D eigenvalue weighted by atomic mass is 19.3. The Balaban J connectivity index is 0.00000274. The summed E-state index contributed by atoms with van der Waals surface area (Å²) in [5.41, 5.74) is 3.06. The molecule has 2 aromatic heterocycles. The van der Waals surface area contributed by atoms with Gasteiger partial charge in [0.05, 0.1) is 0 Å². The summed E-state index contributed by atoms with van der Waals surface area (Å²) in [6.45, 7) is 8.49. The van der Waals surface area contributed by atoms with Crippen molar-refractivity contribution in [3.05, 3.63) is 88.4 Å². The maximum Gasteiger partial charge on any atom is 0.270 e. The third-order valence-electron chi connectivity index (χ3n) is 6.24.